The molecule has 2 fully saturated rings. The first-order valence-corrected chi connectivity index (χ1v) is 6.17. The maximum atomic E-state index is 3.73. The first-order valence-electron chi connectivity index (χ1n) is 6.17. The molecule has 14 heavy (non-hydrogen) atoms. The summed E-state index contributed by atoms with van der Waals surface area (Å²) in [6.45, 7) is 6.21. The molecule has 0 aliphatic carbocycles. The summed E-state index contributed by atoms with van der Waals surface area (Å²) in [6, 6.07) is 0.833. The number of nitrogens with one attached hydrogen (secondary N) is 1. The SMILES string of the molecule is C[C@H]1CC[C@H](C2CCN(C)CC2)NC1. The highest BCUT2D eigenvalue weighted by molar-refractivity contribution is 4.85. The Morgan fingerprint density at radius 3 is 2.36 bits per heavy atom. The molecule has 2 rings (SSSR count). The van der Waals surface area contributed by atoms with E-state index >= 15 is 0 Å². The van der Waals surface area contributed by atoms with Crippen LogP contribution in [0.4, 0.5) is 0 Å². The molecule has 2 aliphatic heterocycles. The van der Waals surface area contributed by atoms with E-state index in [1.54, 1.807) is 0 Å². The molecule has 2 atom stereocenters. The lowest BCUT2D eigenvalue weighted by Gasteiger charge is -2.38. The normalized spacial score (nSPS) is 37.3. The summed E-state index contributed by atoms with van der Waals surface area (Å²) >= 11 is 0. The molecule has 1 N–H and O–H groups in total. The molecule has 0 aromatic heterocycles. The molecule has 2 aliphatic rings. The first kappa shape index (κ1) is 10.4. The summed E-state index contributed by atoms with van der Waals surface area (Å²) in [7, 11) is 2.24. The summed E-state index contributed by atoms with van der Waals surface area (Å²) in [6.07, 6.45) is 5.66. The van der Waals surface area contributed by atoms with Crippen LogP contribution >= 0.6 is 0 Å². The van der Waals surface area contributed by atoms with Crippen molar-refractivity contribution in [2.75, 3.05) is 26.7 Å². The van der Waals surface area contributed by atoms with Crippen LogP contribution in [0, 0.1) is 11.8 Å². The topological polar surface area (TPSA) is 15.3 Å². The molecule has 82 valence electrons. The second-order valence-electron chi connectivity index (χ2n) is 5.34. The van der Waals surface area contributed by atoms with E-state index in [4.69, 9.17) is 0 Å². The Kier molecular flexibility index (Phi) is 3.45. The van der Waals surface area contributed by atoms with Crippen LogP contribution in [0.1, 0.15) is 32.6 Å². The minimum Gasteiger partial charge on any atom is -0.313 e. The van der Waals surface area contributed by atoms with E-state index < -0.39 is 0 Å². The first-order chi connectivity index (χ1) is 6.75. The van der Waals surface area contributed by atoms with Crippen molar-refractivity contribution in [1.29, 1.82) is 0 Å². The summed E-state index contributed by atoms with van der Waals surface area (Å²) in [5.41, 5.74) is 0. The van der Waals surface area contributed by atoms with Crippen molar-refractivity contribution in [2.45, 2.75) is 38.6 Å². The fourth-order valence-corrected chi connectivity index (χ4v) is 2.85. The van der Waals surface area contributed by atoms with Crippen LogP contribution in [0.15, 0.2) is 0 Å². The lowest BCUT2D eigenvalue weighted by molar-refractivity contribution is 0.159. The summed E-state index contributed by atoms with van der Waals surface area (Å²) < 4.78 is 0. The van der Waals surface area contributed by atoms with Gasteiger partial charge in [-0.05, 0) is 64.2 Å². The van der Waals surface area contributed by atoms with Crippen LogP contribution in [-0.2, 0) is 0 Å². The third-order valence-electron chi connectivity index (χ3n) is 4.03. The fourth-order valence-electron chi connectivity index (χ4n) is 2.85. The van der Waals surface area contributed by atoms with Crippen LogP contribution in [0.5, 0.6) is 0 Å². The molecule has 0 aromatic rings. The van der Waals surface area contributed by atoms with Gasteiger partial charge in [0, 0.05) is 6.04 Å². The summed E-state index contributed by atoms with van der Waals surface area (Å²) in [5.74, 6) is 1.86. The van der Waals surface area contributed by atoms with Gasteiger partial charge in [0.25, 0.3) is 0 Å². The number of rotatable bonds is 1. The van der Waals surface area contributed by atoms with Crippen LogP contribution in [0.25, 0.3) is 0 Å². The highest BCUT2D eigenvalue weighted by Gasteiger charge is 2.27. The predicted octanol–water partition coefficient (Wildman–Crippen LogP) is 1.72. The van der Waals surface area contributed by atoms with E-state index in [-0.39, 0.29) is 0 Å². The third kappa shape index (κ3) is 2.48. The van der Waals surface area contributed by atoms with Gasteiger partial charge in [-0.15, -0.1) is 0 Å². The Morgan fingerprint density at radius 1 is 1.07 bits per heavy atom. The maximum absolute atomic E-state index is 3.73. The van der Waals surface area contributed by atoms with Crippen molar-refractivity contribution in [3.8, 4) is 0 Å². The monoisotopic (exact) mass is 196 g/mol. The van der Waals surface area contributed by atoms with Gasteiger partial charge in [0.2, 0.25) is 0 Å². The zero-order valence-electron chi connectivity index (χ0n) is 9.63. The van der Waals surface area contributed by atoms with Crippen molar-refractivity contribution in [2.24, 2.45) is 11.8 Å². The number of nitrogens with zero attached hydrogens (tertiary/aromatic N) is 1. The molecule has 0 saturated carbocycles. The van der Waals surface area contributed by atoms with Crippen molar-refractivity contribution in [3.63, 3.8) is 0 Å². The Bertz CT molecular complexity index is 145. The molecule has 2 nitrogen and oxygen atoms in total. The molecule has 0 unspecified atom stereocenters. The smallest absolute Gasteiger partial charge is 0.00964 e. The van der Waals surface area contributed by atoms with Gasteiger partial charge < -0.3 is 10.2 Å². The molecule has 0 aromatic carbocycles. The average molecular weight is 196 g/mol. The summed E-state index contributed by atoms with van der Waals surface area (Å²) in [4.78, 5) is 2.46. The van der Waals surface area contributed by atoms with E-state index in [1.807, 2.05) is 0 Å². The Balaban J connectivity index is 1.78. The quantitative estimate of drug-likeness (QED) is 0.687. The van der Waals surface area contributed by atoms with Gasteiger partial charge in [-0.2, -0.15) is 0 Å². The van der Waals surface area contributed by atoms with Crippen LogP contribution in [-0.4, -0.2) is 37.6 Å². The second-order valence-corrected chi connectivity index (χ2v) is 5.34. The molecular weight excluding hydrogens is 172 g/mol. The van der Waals surface area contributed by atoms with Crippen LogP contribution in [0.2, 0.25) is 0 Å². The molecule has 2 heteroatoms. The van der Waals surface area contributed by atoms with Gasteiger partial charge in [0.15, 0.2) is 0 Å². The molecule has 0 amide bonds. The Morgan fingerprint density at radius 2 is 1.79 bits per heavy atom. The molecule has 0 spiro atoms. The average Bonchev–Trinajstić information content (AvgIpc) is 2.21. The number of hydrogen-bond acceptors (Lipinski definition) is 2. The third-order valence-corrected chi connectivity index (χ3v) is 4.03. The van der Waals surface area contributed by atoms with Gasteiger partial charge in [-0.1, -0.05) is 6.92 Å². The zero-order chi connectivity index (χ0) is 9.97. The highest BCUT2D eigenvalue weighted by atomic mass is 15.1. The van der Waals surface area contributed by atoms with Crippen molar-refractivity contribution < 1.29 is 0 Å². The summed E-state index contributed by atoms with van der Waals surface area (Å²) in [5, 5.41) is 3.73. The lowest BCUT2D eigenvalue weighted by Crippen LogP contribution is -2.46. The number of likely N-dealkylation sites (tertiary alicyclic amines) is 1. The maximum Gasteiger partial charge on any atom is 0.00964 e. The minimum absolute atomic E-state index is 0.833. The van der Waals surface area contributed by atoms with E-state index in [2.05, 4.69) is 24.2 Å². The van der Waals surface area contributed by atoms with Gasteiger partial charge >= 0.3 is 0 Å². The minimum atomic E-state index is 0.833. The van der Waals surface area contributed by atoms with Crippen molar-refractivity contribution >= 4 is 0 Å². The zero-order valence-corrected chi connectivity index (χ0v) is 9.63. The molecule has 0 radical (unpaired) electrons. The Labute approximate surface area is 88.1 Å². The highest BCUT2D eigenvalue weighted by Crippen LogP contribution is 2.26. The van der Waals surface area contributed by atoms with Crippen molar-refractivity contribution in [1.82, 2.24) is 10.2 Å². The molecular formula is C12H24N2. The van der Waals surface area contributed by atoms with Gasteiger partial charge in [-0.25, -0.2) is 0 Å². The molecule has 0 bridgehead atoms. The number of piperidine rings is 2. The molecule has 2 heterocycles. The van der Waals surface area contributed by atoms with Crippen molar-refractivity contribution in [3.05, 3.63) is 0 Å². The van der Waals surface area contributed by atoms with Gasteiger partial charge in [0.05, 0.1) is 0 Å². The molecule has 2 saturated heterocycles. The second kappa shape index (κ2) is 4.63. The van der Waals surface area contributed by atoms with E-state index in [1.165, 1.54) is 45.3 Å². The predicted molar refractivity (Wildman–Crippen MR) is 60.4 cm³/mol. The van der Waals surface area contributed by atoms with Gasteiger partial charge in [0.1, 0.15) is 0 Å². The fraction of sp³-hybridized carbons (Fsp3) is 1.00. The largest absolute Gasteiger partial charge is 0.313 e. The van der Waals surface area contributed by atoms with Gasteiger partial charge in [-0.3, -0.25) is 0 Å². The Hall–Kier alpha value is -0.0800. The van der Waals surface area contributed by atoms with E-state index in [0.29, 0.717) is 0 Å². The van der Waals surface area contributed by atoms with E-state index in [9.17, 15) is 0 Å². The van der Waals surface area contributed by atoms with E-state index in [0.717, 1.165) is 17.9 Å². The number of hydrogen-bond donors (Lipinski definition) is 1. The van der Waals surface area contributed by atoms with Crippen LogP contribution in [0.3, 0.4) is 0 Å². The van der Waals surface area contributed by atoms with Crippen LogP contribution < -0.4 is 5.32 Å². The lowest BCUT2D eigenvalue weighted by atomic mass is 9.83. The standard InChI is InChI=1S/C12H24N2/c1-10-3-4-12(13-9-10)11-5-7-14(2)8-6-11/h10-13H,3-9H2,1-2H3/t10-,12+/m0/s1.